The van der Waals surface area contributed by atoms with Crippen molar-refractivity contribution < 1.29 is 21.3 Å². The van der Waals surface area contributed by atoms with E-state index in [9.17, 15) is 0 Å². The van der Waals surface area contributed by atoms with Crippen LogP contribution in [0, 0.1) is 0 Å². The molecule has 11 heavy (non-hydrogen) atoms. The first-order valence-electron chi connectivity index (χ1n) is 2.91. The summed E-state index contributed by atoms with van der Waals surface area (Å²) in [6, 6.07) is 5.80. The number of hydrogen-bond acceptors (Lipinski definition) is 2. The third kappa shape index (κ3) is 1.27. The third-order valence-electron chi connectivity index (χ3n) is 1.34. The summed E-state index contributed by atoms with van der Waals surface area (Å²) in [6.45, 7) is 0. The fourth-order valence-corrected chi connectivity index (χ4v) is 1.55. The van der Waals surface area contributed by atoms with Gasteiger partial charge in [-0.15, -0.1) is 0 Å². The number of nitrogens with zero attached hydrogens (tertiary/aromatic N) is 3. The molecule has 1 aromatic heterocycles. The van der Waals surface area contributed by atoms with E-state index >= 15 is 0 Å². The molecule has 0 radical (unpaired) electrons. The maximum absolute atomic E-state index is 3.91. The molecule has 0 aliphatic heterocycles. The Morgan fingerprint density at radius 2 is 2.27 bits per heavy atom. The van der Waals surface area contributed by atoms with Gasteiger partial charge in [-0.3, -0.25) is 0 Å². The molecule has 0 aliphatic rings. The van der Waals surface area contributed by atoms with Gasteiger partial charge in [0.25, 0.3) is 0 Å². The van der Waals surface area contributed by atoms with Crippen LogP contribution in [0.1, 0.15) is 0 Å². The van der Waals surface area contributed by atoms with Crippen LogP contribution in [0.15, 0.2) is 22.7 Å². The molecule has 1 heterocycles. The predicted molar refractivity (Wildman–Crippen MR) is 40.6 cm³/mol. The predicted octanol–water partition coefficient (Wildman–Crippen LogP) is 1.50. The van der Waals surface area contributed by atoms with Crippen LogP contribution in [0.25, 0.3) is 11.0 Å². The van der Waals surface area contributed by atoms with E-state index in [0.29, 0.717) is 0 Å². The number of fused-ring (bicyclic) bond motifs is 1. The summed E-state index contributed by atoms with van der Waals surface area (Å²) in [5.41, 5.74) is 1.84. The molecule has 0 spiro atoms. The minimum atomic E-state index is 0.871. The second kappa shape index (κ2) is 2.71. The SMILES string of the molecule is Brc1ccc2c(c1)nn[n]2[Ag]. The number of benzene rings is 1. The van der Waals surface area contributed by atoms with Crippen molar-refractivity contribution in [3.05, 3.63) is 22.7 Å². The van der Waals surface area contributed by atoms with Crippen molar-refractivity contribution in [3.63, 3.8) is 0 Å². The van der Waals surface area contributed by atoms with Crippen molar-refractivity contribution >= 4 is 27.0 Å². The molecule has 0 N–H and O–H groups in total. The molecule has 0 saturated carbocycles. The van der Waals surface area contributed by atoms with E-state index in [4.69, 9.17) is 0 Å². The second-order valence-corrected chi connectivity index (χ2v) is 3.59. The second-order valence-electron chi connectivity index (χ2n) is 2.05. The quantitative estimate of drug-likeness (QED) is 0.691. The number of halogens is 1. The van der Waals surface area contributed by atoms with E-state index in [1.165, 1.54) is 0 Å². The fourth-order valence-electron chi connectivity index (χ4n) is 0.850. The Hall–Kier alpha value is -0.160. The van der Waals surface area contributed by atoms with Crippen LogP contribution >= 0.6 is 15.9 Å². The molecule has 1 aromatic carbocycles. The molecule has 0 atom stereocenters. The number of aromatic nitrogens is 3. The third-order valence-corrected chi connectivity index (χ3v) is 2.32. The first-order chi connectivity index (χ1) is 5.27. The van der Waals surface area contributed by atoms with E-state index in [1.807, 2.05) is 18.2 Å². The number of hydrogen-bond donors (Lipinski definition) is 0. The van der Waals surface area contributed by atoms with E-state index < -0.39 is 0 Å². The average Bonchev–Trinajstić information content (AvgIpc) is 2.32. The molecule has 0 saturated heterocycles. The Balaban J connectivity index is 2.86. The Labute approximate surface area is 84.1 Å². The zero-order chi connectivity index (χ0) is 7.84. The van der Waals surface area contributed by atoms with Crippen molar-refractivity contribution in [3.8, 4) is 0 Å². The Bertz CT molecular complexity index is 398. The van der Waals surface area contributed by atoms with Gasteiger partial charge in [0, 0.05) is 0 Å². The molecule has 0 unspecified atom stereocenters. The van der Waals surface area contributed by atoms with Crippen LogP contribution in [0.5, 0.6) is 0 Å². The van der Waals surface area contributed by atoms with Crippen molar-refractivity contribution in [1.29, 1.82) is 0 Å². The topological polar surface area (TPSA) is 30.7 Å². The van der Waals surface area contributed by atoms with Gasteiger partial charge >= 0.3 is 84.4 Å². The van der Waals surface area contributed by atoms with Gasteiger partial charge in [-0.25, -0.2) is 0 Å². The van der Waals surface area contributed by atoms with Crippen LogP contribution in [-0.4, -0.2) is 13.4 Å². The maximum atomic E-state index is 3.91. The van der Waals surface area contributed by atoms with Crippen LogP contribution < -0.4 is 0 Å². The molecule has 60 valence electrons. The molecule has 0 amide bonds. The Morgan fingerprint density at radius 3 is 3.09 bits per heavy atom. The summed E-state index contributed by atoms with van der Waals surface area (Å²) in [6.07, 6.45) is 0. The molecule has 0 fully saturated rings. The van der Waals surface area contributed by atoms with Gasteiger partial charge in [0.15, 0.2) is 0 Å². The molecule has 0 bridgehead atoms. The van der Waals surface area contributed by atoms with Crippen LogP contribution in [0.4, 0.5) is 0 Å². The zero-order valence-electron chi connectivity index (χ0n) is 5.25. The number of rotatable bonds is 0. The van der Waals surface area contributed by atoms with Crippen molar-refractivity contribution in [2.45, 2.75) is 0 Å². The summed E-state index contributed by atoms with van der Waals surface area (Å²) in [5.74, 6) is 0. The van der Waals surface area contributed by atoms with Crippen LogP contribution in [0.3, 0.4) is 0 Å². The summed E-state index contributed by atoms with van der Waals surface area (Å²) in [4.78, 5) is 0. The van der Waals surface area contributed by atoms with E-state index in [1.54, 1.807) is 3.09 Å². The van der Waals surface area contributed by atoms with Gasteiger partial charge < -0.3 is 0 Å². The summed E-state index contributed by atoms with van der Waals surface area (Å²) in [7, 11) is 0. The van der Waals surface area contributed by atoms with E-state index in [2.05, 4.69) is 47.6 Å². The molecular weight excluding hydrogens is 302 g/mol. The van der Waals surface area contributed by atoms with Gasteiger partial charge in [-0.1, -0.05) is 0 Å². The van der Waals surface area contributed by atoms with Gasteiger partial charge in [0.2, 0.25) is 0 Å². The van der Waals surface area contributed by atoms with Gasteiger partial charge in [0.05, 0.1) is 0 Å². The average molecular weight is 305 g/mol. The molecule has 5 heteroatoms. The van der Waals surface area contributed by atoms with E-state index in [-0.39, 0.29) is 0 Å². The van der Waals surface area contributed by atoms with Gasteiger partial charge in [0.1, 0.15) is 0 Å². The normalized spacial score (nSPS) is 10.8. The monoisotopic (exact) mass is 303 g/mol. The van der Waals surface area contributed by atoms with Crippen LogP contribution in [-0.2, 0) is 21.3 Å². The fraction of sp³-hybridized carbons (Fsp3) is 0. The minimum absolute atomic E-state index is 0.871. The summed E-state index contributed by atoms with van der Waals surface area (Å²) in [5, 5.41) is 7.71. The zero-order valence-corrected chi connectivity index (χ0v) is 8.32. The van der Waals surface area contributed by atoms with Gasteiger partial charge in [-0.05, 0) is 0 Å². The van der Waals surface area contributed by atoms with Gasteiger partial charge in [-0.2, -0.15) is 0 Å². The summed E-state index contributed by atoms with van der Waals surface area (Å²) >= 11 is 6.59. The standard InChI is InChI=1S/C6H3BrN3.Ag/c7-4-1-2-5-6(3-4)9-10-8-5;/h1-3H;/q-1;+1. The first-order valence-corrected chi connectivity index (χ1v) is 4.36. The van der Waals surface area contributed by atoms with Crippen molar-refractivity contribution in [1.82, 2.24) is 13.4 Å². The molecule has 3 nitrogen and oxygen atoms in total. The summed E-state index contributed by atoms with van der Waals surface area (Å²) < 4.78 is 2.57. The van der Waals surface area contributed by atoms with Crippen molar-refractivity contribution in [2.75, 3.05) is 0 Å². The Morgan fingerprint density at radius 1 is 1.45 bits per heavy atom. The molecule has 2 aromatic rings. The van der Waals surface area contributed by atoms with Crippen molar-refractivity contribution in [2.24, 2.45) is 0 Å². The molecular formula is C6H3AgBrN3. The first kappa shape index (κ1) is 7.49. The van der Waals surface area contributed by atoms with Crippen LogP contribution in [0.2, 0.25) is 0 Å². The molecule has 2 rings (SSSR count). The molecule has 0 aliphatic carbocycles. The Kier molecular flexibility index (Phi) is 1.85. The van der Waals surface area contributed by atoms with E-state index in [0.717, 1.165) is 15.5 Å².